The Labute approximate surface area is 118 Å². The van der Waals surface area contributed by atoms with Gasteiger partial charge in [0.2, 0.25) is 0 Å². The number of carbonyl (C=O) groups excluding carboxylic acids is 1. The second-order valence-corrected chi connectivity index (χ2v) is 5.27. The first-order chi connectivity index (χ1) is 9.20. The molecule has 4 nitrogen and oxygen atoms in total. The summed E-state index contributed by atoms with van der Waals surface area (Å²) in [6.45, 7) is 2.13. The zero-order chi connectivity index (χ0) is 13.4. The van der Waals surface area contributed by atoms with Crippen molar-refractivity contribution in [3.05, 3.63) is 35.2 Å². The topological polar surface area (TPSA) is 52.1 Å². The maximum absolute atomic E-state index is 11.7. The van der Waals surface area contributed by atoms with Crippen molar-refractivity contribution in [2.24, 2.45) is 0 Å². The molecule has 0 aliphatic rings. The van der Waals surface area contributed by atoms with E-state index in [9.17, 15) is 4.79 Å². The summed E-state index contributed by atoms with van der Waals surface area (Å²) < 4.78 is 6.01. The summed E-state index contributed by atoms with van der Waals surface area (Å²) in [5.41, 5.74) is 0.508. The number of benzene rings is 1. The van der Waals surface area contributed by atoms with Crippen molar-refractivity contribution < 1.29 is 9.53 Å². The Balaban J connectivity index is 2.26. The Morgan fingerprint density at radius 3 is 3.05 bits per heavy atom. The quantitative estimate of drug-likeness (QED) is 0.534. The lowest BCUT2D eigenvalue weighted by Gasteiger charge is -2.01. The summed E-state index contributed by atoms with van der Waals surface area (Å²) in [5, 5.41) is 2.07. The normalized spacial score (nSPS) is 11.1. The second-order valence-electron chi connectivity index (χ2n) is 3.88. The van der Waals surface area contributed by atoms with Crippen molar-refractivity contribution in [3.63, 3.8) is 0 Å². The number of thiophene rings is 1. The van der Waals surface area contributed by atoms with E-state index in [1.807, 2.05) is 6.07 Å². The summed E-state index contributed by atoms with van der Waals surface area (Å²) in [5.74, 6) is -0.336. The average molecular weight is 293 g/mol. The molecule has 6 heteroatoms. The third-order valence-electron chi connectivity index (χ3n) is 2.73. The minimum absolute atomic E-state index is 0.336. The Bertz CT molecular complexity index is 785. The van der Waals surface area contributed by atoms with Gasteiger partial charge in [-0.15, -0.1) is 11.3 Å². The molecule has 0 bridgehead atoms. The number of carbonyl (C=O) groups is 1. The van der Waals surface area contributed by atoms with Gasteiger partial charge in [0.1, 0.15) is 16.3 Å². The van der Waals surface area contributed by atoms with E-state index in [1.54, 1.807) is 19.1 Å². The molecule has 3 rings (SSSR count). The van der Waals surface area contributed by atoms with Gasteiger partial charge in [-0.2, -0.15) is 0 Å². The number of halogens is 1. The molecule has 0 radical (unpaired) electrons. The van der Waals surface area contributed by atoms with Gasteiger partial charge in [-0.1, -0.05) is 11.6 Å². The third kappa shape index (κ3) is 2.05. The van der Waals surface area contributed by atoms with Gasteiger partial charge in [0.05, 0.1) is 17.6 Å². The minimum atomic E-state index is -0.336. The van der Waals surface area contributed by atoms with Gasteiger partial charge in [-0.3, -0.25) is 0 Å². The predicted octanol–water partition coefficient (Wildman–Crippen LogP) is 3.67. The molecular weight excluding hydrogens is 284 g/mol. The van der Waals surface area contributed by atoms with Crippen LogP contribution in [0.4, 0.5) is 0 Å². The van der Waals surface area contributed by atoms with Gasteiger partial charge in [-0.05, 0) is 25.1 Å². The SMILES string of the molecule is CCOC(=O)c1ccc2sc3ncnc(Cl)c3c2c1. The van der Waals surface area contributed by atoms with E-state index in [4.69, 9.17) is 16.3 Å². The van der Waals surface area contributed by atoms with Crippen LogP contribution in [0.1, 0.15) is 17.3 Å². The van der Waals surface area contributed by atoms with Crippen molar-refractivity contribution >= 4 is 49.2 Å². The molecule has 0 saturated carbocycles. The monoisotopic (exact) mass is 292 g/mol. The Morgan fingerprint density at radius 1 is 1.42 bits per heavy atom. The molecule has 1 aromatic carbocycles. The van der Waals surface area contributed by atoms with Crippen LogP contribution in [0.2, 0.25) is 5.15 Å². The predicted molar refractivity (Wildman–Crippen MR) is 75.9 cm³/mol. The highest BCUT2D eigenvalue weighted by molar-refractivity contribution is 7.25. The first kappa shape index (κ1) is 12.3. The van der Waals surface area contributed by atoms with E-state index >= 15 is 0 Å². The fourth-order valence-corrected chi connectivity index (χ4v) is 3.23. The lowest BCUT2D eigenvalue weighted by molar-refractivity contribution is 0.0526. The second kappa shape index (κ2) is 4.75. The molecule has 0 spiro atoms. The Morgan fingerprint density at radius 2 is 2.26 bits per heavy atom. The molecule has 0 aliphatic heterocycles. The zero-order valence-corrected chi connectivity index (χ0v) is 11.6. The highest BCUT2D eigenvalue weighted by atomic mass is 35.5. The molecule has 96 valence electrons. The largest absolute Gasteiger partial charge is 0.462 e. The van der Waals surface area contributed by atoms with Gasteiger partial charge in [0.15, 0.2) is 0 Å². The molecule has 3 aromatic rings. The lowest BCUT2D eigenvalue weighted by atomic mass is 10.1. The Kier molecular flexibility index (Phi) is 3.08. The molecule has 0 fully saturated rings. The van der Waals surface area contributed by atoms with Crippen LogP contribution in [0.25, 0.3) is 20.3 Å². The van der Waals surface area contributed by atoms with Crippen LogP contribution in [-0.2, 0) is 4.74 Å². The smallest absolute Gasteiger partial charge is 0.338 e. The number of esters is 1. The minimum Gasteiger partial charge on any atom is -0.462 e. The van der Waals surface area contributed by atoms with Crippen molar-refractivity contribution in [1.29, 1.82) is 0 Å². The fraction of sp³-hybridized carbons (Fsp3) is 0.154. The van der Waals surface area contributed by atoms with Crippen molar-refractivity contribution in [1.82, 2.24) is 9.97 Å². The van der Waals surface area contributed by atoms with Gasteiger partial charge in [0.25, 0.3) is 0 Å². The molecule has 0 aliphatic carbocycles. The van der Waals surface area contributed by atoms with Crippen molar-refractivity contribution in [2.75, 3.05) is 6.61 Å². The molecule has 0 saturated heterocycles. The van der Waals surface area contributed by atoms with Crippen LogP contribution in [0.15, 0.2) is 24.5 Å². The van der Waals surface area contributed by atoms with Crippen LogP contribution in [0.3, 0.4) is 0 Å². The Hall–Kier alpha value is -1.72. The number of rotatable bonds is 2. The van der Waals surface area contributed by atoms with Crippen LogP contribution in [0.5, 0.6) is 0 Å². The highest BCUT2D eigenvalue weighted by Crippen LogP contribution is 2.36. The number of ether oxygens (including phenoxy) is 1. The van der Waals surface area contributed by atoms with E-state index in [-0.39, 0.29) is 5.97 Å². The molecular formula is C13H9ClN2O2S. The summed E-state index contributed by atoms with van der Waals surface area (Å²) in [6, 6.07) is 5.41. The molecule has 0 atom stereocenters. The molecule has 0 unspecified atom stereocenters. The van der Waals surface area contributed by atoms with Gasteiger partial charge in [-0.25, -0.2) is 14.8 Å². The first-order valence-corrected chi connectivity index (χ1v) is 6.90. The molecule has 2 heterocycles. The van der Waals surface area contributed by atoms with Crippen molar-refractivity contribution in [3.8, 4) is 0 Å². The van der Waals surface area contributed by atoms with Crippen molar-refractivity contribution in [2.45, 2.75) is 6.92 Å². The van der Waals surface area contributed by atoms with Crippen LogP contribution in [0, 0.1) is 0 Å². The molecule has 19 heavy (non-hydrogen) atoms. The fourth-order valence-electron chi connectivity index (χ4n) is 1.91. The van der Waals surface area contributed by atoms with Gasteiger partial charge >= 0.3 is 5.97 Å². The average Bonchev–Trinajstić information content (AvgIpc) is 2.77. The van der Waals surface area contributed by atoms with E-state index < -0.39 is 0 Å². The number of hydrogen-bond acceptors (Lipinski definition) is 5. The summed E-state index contributed by atoms with van der Waals surface area (Å²) in [4.78, 5) is 20.7. The number of aromatic nitrogens is 2. The van der Waals surface area contributed by atoms with Gasteiger partial charge < -0.3 is 4.74 Å². The third-order valence-corrected chi connectivity index (χ3v) is 4.10. The van der Waals surface area contributed by atoms with Gasteiger partial charge in [0, 0.05) is 10.1 Å². The van der Waals surface area contributed by atoms with E-state index in [0.717, 1.165) is 20.3 Å². The molecule has 0 N–H and O–H groups in total. The van der Waals surface area contributed by atoms with Crippen LogP contribution in [-0.4, -0.2) is 22.5 Å². The maximum atomic E-state index is 11.7. The molecule has 0 amide bonds. The van der Waals surface area contributed by atoms with E-state index in [2.05, 4.69) is 9.97 Å². The summed E-state index contributed by atoms with van der Waals surface area (Å²) >= 11 is 7.63. The number of hydrogen-bond donors (Lipinski definition) is 0. The highest BCUT2D eigenvalue weighted by Gasteiger charge is 2.13. The lowest BCUT2D eigenvalue weighted by Crippen LogP contribution is -2.03. The zero-order valence-electron chi connectivity index (χ0n) is 10.0. The standard InChI is InChI=1S/C13H9ClN2O2S/c1-2-18-13(17)7-3-4-9-8(5-7)10-11(14)15-6-16-12(10)19-9/h3-6H,2H2,1H3. The van der Waals surface area contributed by atoms with Crippen LogP contribution >= 0.6 is 22.9 Å². The number of fused-ring (bicyclic) bond motifs is 3. The maximum Gasteiger partial charge on any atom is 0.338 e. The van der Waals surface area contributed by atoms with E-state index in [1.165, 1.54) is 17.7 Å². The van der Waals surface area contributed by atoms with E-state index in [0.29, 0.717) is 17.3 Å². The summed E-state index contributed by atoms with van der Waals surface area (Å²) in [7, 11) is 0. The first-order valence-electron chi connectivity index (χ1n) is 5.70. The molecule has 2 aromatic heterocycles. The summed E-state index contributed by atoms with van der Waals surface area (Å²) in [6.07, 6.45) is 1.44. The number of nitrogens with zero attached hydrogens (tertiary/aromatic N) is 2. The van der Waals surface area contributed by atoms with Crippen LogP contribution < -0.4 is 0 Å².